The second-order valence-electron chi connectivity index (χ2n) is 6.97. The number of aromatic amines is 1. The maximum atomic E-state index is 12.8. The number of carbonyl (C=O) groups is 2. The van der Waals surface area contributed by atoms with Gasteiger partial charge in [-0.2, -0.15) is 0 Å². The number of nitrogens with one attached hydrogen (secondary N) is 2. The van der Waals surface area contributed by atoms with Gasteiger partial charge in [-0.15, -0.1) is 11.3 Å². The predicted octanol–water partition coefficient (Wildman–Crippen LogP) is 2.23. The molecule has 1 atom stereocenters. The molecule has 2 amide bonds. The number of pyridine rings is 1. The molecular weight excluding hydrogens is 350 g/mol. The lowest BCUT2D eigenvalue weighted by Crippen LogP contribution is -2.46. The van der Waals surface area contributed by atoms with E-state index in [0.29, 0.717) is 24.8 Å². The summed E-state index contributed by atoms with van der Waals surface area (Å²) < 4.78 is 0. The zero-order chi connectivity index (χ0) is 18.1. The van der Waals surface area contributed by atoms with Crippen molar-refractivity contribution in [3.05, 3.63) is 45.6 Å². The Hall–Kier alpha value is -2.41. The fourth-order valence-corrected chi connectivity index (χ4v) is 4.02. The topological polar surface area (TPSA) is 82.3 Å². The molecule has 0 aromatic carbocycles. The van der Waals surface area contributed by atoms with E-state index >= 15 is 0 Å². The fourth-order valence-electron chi connectivity index (χ4n) is 3.31. The summed E-state index contributed by atoms with van der Waals surface area (Å²) >= 11 is 1.53. The van der Waals surface area contributed by atoms with Gasteiger partial charge in [-0.1, -0.05) is 6.07 Å². The van der Waals surface area contributed by atoms with Crippen LogP contribution < -0.4 is 10.9 Å². The number of carbonyl (C=O) groups excluding carboxylic acids is 2. The molecule has 0 spiro atoms. The summed E-state index contributed by atoms with van der Waals surface area (Å²) in [7, 11) is 0. The first-order valence-electron chi connectivity index (χ1n) is 8.98. The lowest BCUT2D eigenvalue weighted by Gasteiger charge is -2.32. The van der Waals surface area contributed by atoms with Gasteiger partial charge < -0.3 is 15.2 Å². The molecule has 1 saturated carbocycles. The number of nitrogens with zero attached hydrogens (tertiary/aromatic N) is 1. The summed E-state index contributed by atoms with van der Waals surface area (Å²) in [5, 5.41) is 4.95. The summed E-state index contributed by atoms with van der Waals surface area (Å²) in [6, 6.07) is 7.51. The largest absolute Gasteiger partial charge is 0.353 e. The lowest BCUT2D eigenvalue weighted by atomic mass is 9.96. The average molecular weight is 371 g/mol. The molecular formula is C19H21N3O3S. The molecule has 2 N–H and O–H groups in total. The van der Waals surface area contributed by atoms with Crippen LogP contribution in [0.4, 0.5) is 0 Å². The Labute approximate surface area is 155 Å². The van der Waals surface area contributed by atoms with Crippen molar-refractivity contribution in [3.63, 3.8) is 0 Å². The van der Waals surface area contributed by atoms with Gasteiger partial charge in [0.05, 0.1) is 16.5 Å². The van der Waals surface area contributed by atoms with Gasteiger partial charge in [0.15, 0.2) is 0 Å². The van der Waals surface area contributed by atoms with Crippen LogP contribution in [0.1, 0.15) is 36.0 Å². The number of likely N-dealkylation sites (tertiary alicyclic amines) is 1. The van der Waals surface area contributed by atoms with E-state index in [4.69, 9.17) is 0 Å². The number of H-pyrrole nitrogens is 1. The van der Waals surface area contributed by atoms with E-state index in [-0.39, 0.29) is 28.9 Å². The van der Waals surface area contributed by atoms with Crippen LogP contribution >= 0.6 is 11.3 Å². The van der Waals surface area contributed by atoms with Crippen molar-refractivity contribution < 1.29 is 9.59 Å². The molecule has 1 aliphatic carbocycles. The van der Waals surface area contributed by atoms with E-state index in [1.807, 2.05) is 17.5 Å². The van der Waals surface area contributed by atoms with Crippen molar-refractivity contribution in [3.8, 4) is 10.6 Å². The van der Waals surface area contributed by atoms with E-state index in [1.54, 1.807) is 17.0 Å². The Morgan fingerprint density at radius 1 is 1.19 bits per heavy atom. The highest BCUT2D eigenvalue weighted by Crippen LogP contribution is 2.24. The van der Waals surface area contributed by atoms with E-state index in [1.165, 1.54) is 11.3 Å². The Bertz CT molecular complexity index is 870. The van der Waals surface area contributed by atoms with E-state index in [9.17, 15) is 14.4 Å². The van der Waals surface area contributed by atoms with Gasteiger partial charge in [0, 0.05) is 19.1 Å². The van der Waals surface area contributed by atoms with E-state index in [2.05, 4.69) is 10.3 Å². The summed E-state index contributed by atoms with van der Waals surface area (Å²) in [4.78, 5) is 42.9. The Kier molecular flexibility index (Phi) is 4.63. The van der Waals surface area contributed by atoms with E-state index in [0.717, 1.165) is 30.6 Å². The van der Waals surface area contributed by atoms with Gasteiger partial charge in [0.25, 0.3) is 11.5 Å². The van der Waals surface area contributed by atoms with Crippen molar-refractivity contribution in [2.75, 3.05) is 13.1 Å². The number of piperidine rings is 1. The third kappa shape index (κ3) is 3.58. The van der Waals surface area contributed by atoms with Gasteiger partial charge in [0.2, 0.25) is 5.91 Å². The smallest absolute Gasteiger partial charge is 0.261 e. The molecule has 2 aliphatic rings. The van der Waals surface area contributed by atoms with Crippen LogP contribution in [0.2, 0.25) is 0 Å². The Balaban J connectivity index is 1.48. The molecule has 6 nitrogen and oxygen atoms in total. The molecule has 7 heteroatoms. The van der Waals surface area contributed by atoms with Gasteiger partial charge in [-0.3, -0.25) is 14.4 Å². The van der Waals surface area contributed by atoms with Crippen molar-refractivity contribution >= 4 is 23.2 Å². The maximum Gasteiger partial charge on any atom is 0.261 e. The minimum atomic E-state index is -0.384. The zero-order valence-electron chi connectivity index (χ0n) is 14.4. The van der Waals surface area contributed by atoms with E-state index < -0.39 is 0 Å². The van der Waals surface area contributed by atoms with Crippen LogP contribution in [0.5, 0.6) is 0 Å². The zero-order valence-corrected chi connectivity index (χ0v) is 15.2. The van der Waals surface area contributed by atoms with Crippen LogP contribution in [0.15, 0.2) is 34.4 Å². The highest BCUT2D eigenvalue weighted by Gasteiger charge is 2.32. The fraction of sp³-hybridized carbons (Fsp3) is 0.421. The number of hydrogen-bond acceptors (Lipinski definition) is 4. The van der Waals surface area contributed by atoms with Crippen LogP contribution in [-0.2, 0) is 4.79 Å². The number of thiophene rings is 1. The SMILES string of the molecule is O=C(NC1CC1)C1CCCN(C(=O)c2ccc(-c3cccs3)[nH]c2=O)C1. The molecule has 0 radical (unpaired) electrons. The van der Waals surface area contributed by atoms with Crippen molar-refractivity contribution in [2.45, 2.75) is 31.7 Å². The predicted molar refractivity (Wildman–Crippen MR) is 100 cm³/mol. The van der Waals surface area contributed by atoms with Gasteiger partial charge in [-0.05, 0) is 49.3 Å². The van der Waals surface area contributed by atoms with Crippen molar-refractivity contribution in [1.82, 2.24) is 15.2 Å². The molecule has 26 heavy (non-hydrogen) atoms. The molecule has 1 saturated heterocycles. The van der Waals surface area contributed by atoms with Gasteiger partial charge in [0.1, 0.15) is 5.56 Å². The Morgan fingerprint density at radius 3 is 2.73 bits per heavy atom. The quantitative estimate of drug-likeness (QED) is 0.865. The summed E-state index contributed by atoms with van der Waals surface area (Å²) in [6.07, 6.45) is 3.66. The maximum absolute atomic E-state index is 12.8. The first-order chi connectivity index (χ1) is 12.6. The van der Waals surface area contributed by atoms with Crippen LogP contribution in [-0.4, -0.2) is 40.8 Å². The van der Waals surface area contributed by atoms with Crippen LogP contribution in [0, 0.1) is 5.92 Å². The van der Waals surface area contributed by atoms with Gasteiger partial charge in [-0.25, -0.2) is 0 Å². The number of rotatable bonds is 4. The van der Waals surface area contributed by atoms with Crippen LogP contribution in [0.3, 0.4) is 0 Å². The minimum Gasteiger partial charge on any atom is -0.353 e. The molecule has 2 aromatic rings. The second-order valence-corrected chi connectivity index (χ2v) is 7.91. The van der Waals surface area contributed by atoms with Gasteiger partial charge >= 0.3 is 0 Å². The van der Waals surface area contributed by atoms with Crippen molar-refractivity contribution in [1.29, 1.82) is 0 Å². The first-order valence-corrected chi connectivity index (χ1v) is 9.86. The number of aromatic nitrogens is 1. The normalized spacial score (nSPS) is 20.0. The van der Waals surface area contributed by atoms with Crippen molar-refractivity contribution in [2.24, 2.45) is 5.92 Å². The van der Waals surface area contributed by atoms with Crippen LogP contribution in [0.25, 0.3) is 10.6 Å². The summed E-state index contributed by atoms with van der Waals surface area (Å²) in [6.45, 7) is 0.960. The molecule has 3 heterocycles. The molecule has 2 fully saturated rings. The summed E-state index contributed by atoms with van der Waals surface area (Å²) in [5.41, 5.74) is 0.459. The third-order valence-corrected chi connectivity index (χ3v) is 5.83. The molecule has 4 rings (SSSR count). The number of amides is 2. The second kappa shape index (κ2) is 7.07. The number of hydrogen-bond donors (Lipinski definition) is 2. The lowest BCUT2D eigenvalue weighted by molar-refractivity contribution is -0.126. The molecule has 136 valence electrons. The highest BCUT2D eigenvalue weighted by molar-refractivity contribution is 7.13. The molecule has 1 unspecified atom stereocenters. The highest BCUT2D eigenvalue weighted by atomic mass is 32.1. The molecule has 2 aromatic heterocycles. The first kappa shape index (κ1) is 17.0. The standard InChI is InChI=1S/C19H21N3O3S/c23-17(20-13-5-6-13)12-3-1-9-22(11-12)19(25)14-7-8-15(21-18(14)24)16-4-2-10-26-16/h2,4,7-8,10,12-13H,1,3,5-6,9,11H2,(H,20,23)(H,21,24). The Morgan fingerprint density at radius 2 is 2.04 bits per heavy atom. The monoisotopic (exact) mass is 371 g/mol. The summed E-state index contributed by atoms with van der Waals surface area (Å²) in [5.74, 6) is -0.447. The molecule has 0 bridgehead atoms. The average Bonchev–Trinajstić information content (AvgIpc) is 3.30. The minimum absolute atomic E-state index is 0.0342. The molecule has 1 aliphatic heterocycles. The third-order valence-electron chi connectivity index (χ3n) is 4.93.